The monoisotopic (exact) mass is 346 g/mol. The Balaban J connectivity index is 1.64. The van der Waals surface area contributed by atoms with Gasteiger partial charge in [-0.25, -0.2) is 4.98 Å². The van der Waals surface area contributed by atoms with Gasteiger partial charge >= 0.3 is 0 Å². The molecule has 2 heterocycles. The Hall–Kier alpha value is -1.96. The van der Waals surface area contributed by atoms with E-state index < -0.39 is 5.41 Å². The van der Waals surface area contributed by atoms with E-state index >= 15 is 0 Å². The lowest BCUT2D eigenvalue weighted by molar-refractivity contribution is -0.130. The Morgan fingerprint density at radius 2 is 1.96 bits per heavy atom. The highest BCUT2D eigenvalue weighted by Gasteiger charge is 2.38. The third-order valence-electron chi connectivity index (χ3n) is 4.34. The molecule has 0 unspecified atom stereocenters. The Labute approximate surface area is 145 Å². The second kappa shape index (κ2) is 7.29. The number of nitrogens with two attached hydrogens (primary N) is 1. The van der Waals surface area contributed by atoms with Gasteiger partial charge in [-0.3, -0.25) is 4.79 Å². The van der Waals surface area contributed by atoms with Crippen LogP contribution in [-0.4, -0.2) is 30.6 Å². The highest BCUT2D eigenvalue weighted by molar-refractivity contribution is 7.13. The molecule has 0 spiro atoms. The van der Waals surface area contributed by atoms with Crippen molar-refractivity contribution >= 4 is 33.8 Å². The fourth-order valence-electron chi connectivity index (χ4n) is 2.72. The first-order valence-electron chi connectivity index (χ1n) is 8.00. The minimum absolute atomic E-state index is 0.0236. The molecule has 1 aromatic heterocycles. The molecular formula is C17H22N4O2S. The maximum absolute atomic E-state index is 12.6. The van der Waals surface area contributed by atoms with Crippen molar-refractivity contribution in [2.24, 2.45) is 11.1 Å². The number of hydrogen-bond donors (Lipinski definition) is 3. The first-order chi connectivity index (χ1) is 11.6. The number of aryl methyl sites for hydroxylation is 1. The van der Waals surface area contributed by atoms with Crippen LogP contribution in [0.1, 0.15) is 18.5 Å². The van der Waals surface area contributed by atoms with Crippen LogP contribution < -0.4 is 16.4 Å². The van der Waals surface area contributed by atoms with E-state index in [1.807, 2.05) is 36.6 Å². The third-order valence-corrected chi connectivity index (χ3v) is 5.21. The van der Waals surface area contributed by atoms with E-state index in [9.17, 15) is 4.79 Å². The van der Waals surface area contributed by atoms with Crippen LogP contribution in [0.15, 0.2) is 29.6 Å². The second-order valence-electron chi connectivity index (χ2n) is 6.05. The van der Waals surface area contributed by atoms with Crippen LogP contribution in [0.25, 0.3) is 0 Å². The van der Waals surface area contributed by atoms with Gasteiger partial charge in [-0.2, -0.15) is 0 Å². The number of benzene rings is 1. The molecule has 2 aromatic rings. The summed E-state index contributed by atoms with van der Waals surface area (Å²) in [6, 6.07) is 7.60. The molecule has 1 amide bonds. The molecule has 1 saturated heterocycles. The molecule has 4 N–H and O–H groups in total. The minimum Gasteiger partial charge on any atom is -0.381 e. The number of nitrogens with zero attached hydrogens (tertiary/aromatic N) is 1. The standard InChI is InChI=1S/C17H22N4O2S/c1-12-10-24-16(19-12)21-14-4-2-13(3-5-14)20-15(22)17(11-18)6-8-23-9-7-17/h2-5,10H,6-9,11,18H2,1H3,(H,19,21)(H,20,22). The number of aromatic nitrogens is 1. The molecule has 0 radical (unpaired) electrons. The van der Waals surface area contributed by atoms with Crippen molar-refractivity contribution in [2.45, 2.75) is 19.8 Å². The molecule has 0 aliphatic carbocycles. The van der Waals surface area contributed by atoms with Gasteiger partial charge in [-0.15, -0.1) is 11.3 Å². The maximum atomic E-state index is 12.6. The van der Waals surface area contributed by atoms with Gasteiger partial charge < -0.3 is 21.1 Å². The van der Waals surface area contributed by atoms with Crippen LogP contribution in [0, 0.1) is 12.3 Å². The number of anilines is 3. The van der Waals surface area contributed by atoms with Crippen LogP contribution in [0.3, 0.4) is 0 Å². The second-order valence-corrected chi connectivity index (χ2v) is 6.91. The Kier molecular flexibility index (Phi) is 5.13. The lowest BCUT2D eigenvalue weighted by Crippen LogP contribution is -2.46. The normalized spacial score (nSPS) is 16.6. The zero-order chi connectivity index (χ0) is 17.0. The molecule has 7 heteroatoms. The number of carbonyl (C=O) groups is 1. The Morgan fingerprint density at radius 3 is 2.54 bits per heavy atom. The number of amides is 1. The molecule has 3 rings (SSSR count). The van der Waals surface area contributed by atoms with Crippen molar-refractivity contribution in [2.75, 3.05) is 30.4 Å². The van der Waals surface area contributed by atoms with Crippen molar-refractivity contribution in [3.63, 3.8) is 0 Å². The summed E-state index contributed by atoms with van der Waals surface area (Å²) in [5.74, 6) is -0.0236. The average molecular weight is 346 g/mol. The van der Waals surface area contributed by atoms with Crippen LogP contribution >= 0.6 is 11.3 Å². The molecule has 128 valence electrons. The van der Waals surface area contributed by atoms with Gasteiger partial charge in [0, 0.05) is 36.5 Å². The van der Waals surface area contributed by atoms with Gasteiger partial charge in [0.25, 0.3) is 0 Å². The van der Waals surface area contributed by atoms with Crippen LogP contribution in [-0.2, 0) is 9.53 Å². The van der Waals surface area contributed by atoms with Crippen molar-refractivity contribution in [3.05, 3.63) is 35.3 Å². The fraction of sp³-hybridized carbons (Fsp3) is 0.412. The van der Waals surface area contributed by atoms with Gasteiger partial charge in [0.15, 0.2) is 5.13 Å². The number of thiazole rings is 1. The average Bonchev–Trinajstić information content (AvgIpc) is 3.02. The SMILES string of the molecule is Cc1csc(Nc2ccc(NC(=O)C3(CN)CCOCC3)cc2)n1. The van der Waals surface area contributed by atoms with Crippen LogP contribution in [0.5, 0.6) is 0 Å². The fourth-order valence-corrected chi connectivity index (χ4v) is 3.43. The molecule has 6 nitrogen and oxygen atoms in total. The number of ether oxygens (including phenoxy) is 1. The smallest absolute Gasteiger partial charge is 0.232 e. The summed E-state index contributed by atoms with van der Waals surface area (Å²) < 4.78 is 5.35. The topological polar surface area (TPSA) is 89.3 Å². The van der Waals surface area contributed by atoms with E-state index in [2.05, 4.69) is 15.6 Å². The predicted octanol–water partition coefficient (Wildman–Crippen LogP) is 2.89. The predicted molar refractivity (Wildman–Crippen MR) is 96.7 cm³/mol. The van der Waals surface area contributed by atoms with E-state index in [0.29, 0.717) is 32.6 Å². The maximum Gasteiger partial charge on any atom is 0.232 e. The van der Waals surface area contributed by atoms with Gasteiger partial charge in [-0.1, -0.05) is 0 Å². The van der Waals surface area contributed by atoms with Crippen molar-refractivity contribution in [1.82, 2.24) is 4.98 Å². The number of rotatable bonds is 5. The molecule has 1 fully saturated rings. The summed E-state index contributed by atoms with van der Waals surface area (Å²) >= 11 is 1.56. The van der Waals surface area contributed by atoms with Crippen LogP contribution in [0.2, 0.25) is 0 Å². The first-order valence-corrected chi connectivity index (χ1v) is 8.88. The first kappa shape index (κ1) is 16.9. The number of carbonyl (C=O) groups excluding carboxylic acids is 1. The van der Waals surface area contributed by atoms with Crippen molar-refractivity contribution < 1.29 is 9.53 Å². The molecular weight excluding hydrogens is 324 g/mol. The summed E-state index contributed by atoms with van der Waals surface area (Å²) in [5, 5.41) is 9.08. The van der Waals surface area contributed by atoms with Gasteiger partial charge in [0.2, 0.25) is 5.91 Å². The van der Waals surface area contributed by atoms with Gasteiger partial charge in [0.1, 0.15) is 0 Å². The highest BCUT2D eigenvalue weighted by Crippen LogP contribution is 2.31. The van der Waals surface area contributed by atoms with Gasteiger partial charge in [0.05, 0.1) is 11.1 Å². The molecule has 0 atom stereocenters. The number of hydrogen-bond acceptors (Lipinski definition) is 6. The van der Waals surface area contributed by atoms with Crippen molar-refractivity contribution in [3.8, 4) is 0 Å². The summed E-state index contributed by atoms with van der Waals surface area (Å²) in [4.78, 5) is 17.0. The minimum atomic E-state index is -0.520. The van der Waals surface area contributed by atoms with E-state index in [4.69, 9.17) is 10.5 Å². The lowest BCUT2D eigenvalue weighted by Gasteiger charge is -2.34. The summed E-state index contributed by atoms with van der Waals surface area (Å²) in [5.41, 5.74) is 8.04. The Morgan fingerprint density at radius 1 is 1.29 bits per heavy atom. The summed E-state index contributed by atoms with van der Waals surface area (Å²) in [7, 11) is 0. The van der Waals surface area contributed by atoms with Gasteiger partial charge in [-0.05, 0) is 44.0 Å². The van der Waals surface area contributed by atoms with E-state index in [-0.39, 0.29) is 5.91 Å². The Bertz CT molecular complexity index is 693. The molecule has 1 aliphatic rings. The summed E-state index contributed by atoms with van der Waals surface area (Å²) in [6.07, 6.45) is 1.33. The number of nitrogens with one attached hydrogen (secondary N) is 2. The summed E-state index contributed by atoms with van der Waals surface area (Å²) in [6.45, 7) is 3.47. The zero-order valence-electron chi connectivity index (χ0n) is 13.7. The van der Waals surface area contributed by atoms with Crippen LogP contribution in [0.4, 0.5) is 16.5 Å². The zero-order valence-corrected chi connectivity index (χ0v) is 14.5. The largest absolute Gasteiger partial charge is 0.381 e. The highest BCUT2D eigenvalue weighted by atomic mass is 32.1. The van der Waals surface area contributed by atoms with E-state index in [0.717, 1.165) is 22.2 Å². The molecule has 0 bridgehead atoms. The van der Waals surface area contributed by atoms with E-state index in [1.165, 1.54) is 0 Å². The quantitative estimate of drug-likeness (QED) is 0.774. The molecule has 0 saturated carbocycles. The molecule has 1 aliphatic heterocycles. The van der Waals surface area contributed by atoms with Crippen molar-refractivity contribution in [1.29, 1.82) is 0 Å². The third kappa shape index (κ3) is 3.75. The lowest BCUT2D eigenvalue weighted by atomic mass is 9.79. The molecule has 24 heavy (non-hydrogen) atoms. The van der Waals surface area contributed by atoms with E-state index in [1.54, 1.807) is 11.3 Å². The molecule has 1 aromatic carbocycles.